The largest absolute Gasteiger partial charge is 0.474 e. The van der Waals surface area contributed by atoms with E-state index < -0.39 is 0 Å². The number of hydrogen-bond acceptors (Lipinski definition) is 7. The van der Waals surface area contributed by atoms with Crippen molar-refractivity contribution in [2.45, 2.75) is 90.8 Å². The summed E-state index contributed by atoms with van der Waals surface area (Å²) in [5.74, 6) is 1.71. The van der Waals surface area contributed by atoms with Crippen LogP contribution in [0.25, 0.3) is 11.0 Å². The smallest absolute Gasteiger partial charge is 0.414 e. The Morgan fingerprint density at radius 3 is 2.68 bits per heavy atom. The van der Waals surface area contributed by atoms with Crippen molar-refractivity contribution in [3.8, 4) is 5.88 Å². The minimum Gasteiger partial charge on any atom is -0.474 e. The molecule has 1 aliphatic heterocycles. The number of ketones is 1. The van der Waals surface area contributed by atoms with Crippen molar-refractivity contribution in [3.63, 3.8) is 0 Å². The molecule has 1 fully saturated rings. The van der Waals surface area contributed by atoms with Gasteiger partial charge in [-0.25, -0.2) is 14.8 Å². The second kappa shape index (κ2) is 10.7. The molecule has 0 bridgehead atoms. The van der Waals surface area contributed by atoms with E-state index in [0.29, 0.717) is 12.3 Å². The molecule has 0 saturated heterocycles. The van der Waals surface area contributed by atoms with Crippen molar-refractivity contribution in [2.75, 3.05) is 12.0 Å². The number of nitrogens with zero attached hydrogens (tertiary/aromatic N) is 5. The number of hydrogen-bond donors (Lipinski definition) is 0. The highest BCUT2D eigenvalue weighted by Crippen LogP contribution is 2.41. The molecule has 0 radical (unpaired) electrons. The molecule has 38 heavy (non-hydrogen) atoms. The fourth-order valence-electron chi connectivity index (χ4n) is 6.05. The predicted octanol–water partition coefficient (Wildman–Crippen LogP) is 5.43. The third kappa shape index (κ3) is 4.98. The number of aryl methyl sites for hydroxylation is 1. The number of rotatable bonds is 6. The quantitative estimate of drug-likeness (QED) is 0.428. The van der Waals surface area contributed by atoms with Gasteiger partial charge in [0.2, 0.25) is 5.88 Å². The van der Waals surface area contributed by atoms with Crippen LogP contribution < -0.4 is 9.64 Å². The van der Waals surface area contributed by atoms with Crippen molar-refractivity contribution in [1.82, 2.24) is 19.5 Å². The average molecular weight is 520 g/mol. The number of benzene rings is 1. The first kappa shape index (κ1) is 26.1. The highest BCUT2D eigenvalue weighted by Gasteiger charge is 2.33. The van der Waals surface area contributed by atoms with E-state index in [4.69, 9.17) is 14.5 Å². The van der Waals surface area contributed by atoms with Crippen molar-refractivity contribution in [1.29, 1.82) is 0 Å². The van der Waals surface area contributed by atoms with Crippen molar-refractivity contribution in [2.24, 2.45) is 5.92 Å². The molecule has 0 N–H and O–H groups in total. The molecule has 3 aromatic rings. The number of methoxy groups -OCH3 is 1. The molecule has 1 aliphatic carbocycles. The van der Waals surface area contributed by atoms with Crippen molar-refractivity contribution >= 4 is 28.6 Å². The second-order valence-corrected chi connectivity index (χ2v) is 10.9. The van der Waals surface area contributed by atoms with Gasteiger partial charge in [0.15, 0.2) is 0 Å². The Hall–Kier alpha value is -3.49. The van der Waals surface area contributed by atoms with E-state index in [9.17, 15) is 9.59 Å². The number of ether oxygens (including phenoxy) is 2. The molecule has 0 unspecified atom stereocenters. The fourth-order valence-corrected chi connectivity index (χ4v) is 6.05. The van der Waals surface area contributed by atoms with Crippen LogP contribution in [0.15, 0.2) is 24.5 Å². The summed E-state index contributed by atoms with van der Waals surface area (Å²) >= 11 is 0. The molecular formula is C29H37N5O4. The zero-order valence-electron chi connectivity index (χ0n) is 22.9. The molecule has 3 atom stereocenters. The van der Waals surface area contributed by atoms with Gasteiger partial charge in [-0.05, 0) is 71.9 Å². The molecule has 3 heterocycles. The first-order chi connectivity index (χ1) is 18.3. The Balaban J connectivity index is 1.62. The number of carbonyl (C=O) groups excluding carboxylic acids is 2. The van der Waals surface area contributed by atoms with Gasteiger partial charge in [0.25, 0.3) is 0 Å². The zero-order chi connectivity index (χ0) is 27.0. The zero-order valence-corrected chi connectivity index (χ0v) is 22.9. The second-order valence-electron chi connectivity index (χ2n) is 10.9. The fraction of sp³-hybridized carbons (Fsp3) is 0.552. The van der Waals surface area contributed by atoms with E-state index in [2.05, 4.69) is 20.6 Å². The average Bonchev–Trinajstić information content (AvgIpc) is 3.26. The Bertz CT molecular complexity index is 1350. The molecule has 9 nitrogen and oxygen atoms in total. The van der Waals surface area contributed by atoms with E-state index in [1.165, 1.54) is 7.11 Å². The summed E-state index contributed by atoms with van der Waals surface area (Å²) in [4.78, 5) is 41.0. The standard InChI is InChI=1S/C29H37N5O4/c1-17(2)38-27-16-30-15-21(31-27)14-26-32-28-23-10-9-18(3)33(29(36)37-5)24(23)11-12-25(28)34(26)22-8-6-7-20(13-22)19(4)35/h11-12,15-18,20,22H,6-10,13-14H2,1-5H3/t18-,20+,22+/m0/s1. The van der Waals surface area contributed by atoms with Crippen LogP contribution in [0.1, 0.15) is 82.9 Å². The molecule has 1 saturated carbocycles. The molecule has 9 heteroatoms. The van der Waals surface area contributed by atoms with Crippen molar-refractivity contribution < 1.29 is 19.1 Å². The van der Waals surface area contributed by atoms with Gasteiger partial charge in [0, 0.05) is 29.8 Å². The lowest BCUT2D eigenvalue weighted by Gasteiger charge is -2.34. The summed E-state index contributed by atoms with van der Waals surface area (Å²) in [6, 6.07) is 4.30. The summed E-state index contributed by atoms with van der Waals surface area (Å²) in [5.41, 5.74) is 4.64. The van der Waals surface area contributed by atoms with Crippen LogP contribution in [-0.2, 0) is 22.4 Å². The Morgan fingerprint density at radius 2 is 1.95 bits per heavy atom. The molecule has 1 aromatic carbocycles. The highest BCUT2D eigenvalue weighted by atomic mass is 16.5. The number of imidazole rings is 1. The lowest BCUT2D eigenvalue weighted by Crippen LogP contribution is -2.42. The first-order valence-electron chi connectivity index (χ1n) is 13.6. The van der Waals surface area contributed by atoms with Crippen LogP contribution in [0.4, 0.5) is 10.5 Å². The minimum absolute atomic E-state index is 0.00143. The summed E-state index contributed by atoms with van der Waals surface area (Å²) < 4.78 is 13.2. The number of carbonyl (C=O) groups is 2. The maximum Gasteiger partial charge on any atom is 0.414 e. The number of fused-ring (bicyclic) bond motifs is 3. The highest BCUT2D eigenvalue weighted by molar-refractivity contribution is 5.95. The van der Waals surface area contributed by atoms with Gasteiger partial charge in [-0.15, -0.1) is 0 Å². The molecule has 2 aromatic heterocycles. The number of aromatic nitrogens is 4. The van der Waals surface area contributed by atoms with E-state index in [0.717, 1.165) is 72.3 Å². The van der Waals surface area contributed by atoms with Crippen LogP contribution in [-0.4, -0.2) is 50.7 Å². The molecule has 1 amide bonds. The number of amides is 1. The monoisotopic (exact) mass is 519 g/mol. The first-order valence-corrected chi connectivity index (χ1v) is 13.6. The van der Waals surface area contributed by atoms with E-state index in [1.54, 1.807) is 24.2 Å². The maximum absolute atomic E-state index is 12.7. The van der Waals surface area contributed by atoms with Crippen LogP contribution in [0.5, 0.6) is 5.88 Å². The normalized spacial score (nSPS) is 21.4. The molecule has 202 valence electrons. The summed E-state index contributed by atoms with van der Waals surface area (Å²) in [5, 5.41) is 0. The Labute approximate surface area is 223 Å². The number of anilines is 1. The molecule has 0 spiro atoms. The minimum atomic E-state index is -0.355. The Morgan fingerprint density at radius 1 is 1.13 bits per heavy atom. The van der Waals surface area contributed by atoms with Gasteiger partial charge in [-0.3, -0.25) is 14.7 Å². The van der Waals surface area contributed by atoms with Crippen LogP contribution >= 0.6 is 0 Å². The SMILES string of the molecule is COC(=O)N1c2ccc3c(nc(Cc4cncc(OC(C)C)n4)n3[C@@H]3CCC[C@@H](C(C)=O)C3)c2CC[C@@H]1C. The van der Waals surface area contributed by atoms with E-state index in [1.807, 2.05) is 26.8 Å². The van der Waals surface area contributed by atoms with Gasteiger partial charge in [0.1, 0.15) is 11.6 Å². The van der Waals surface area contributed by atoms with Gasteiger partial charge >= 0.3 is 6.09 Å². The third-order valence-corrected chi connectivity index (χ3v) is 7.84. The predicted molar refractivity (Wildman–Crippen MR) is 145 cm³/mol. The summed E-state index contributed by atoms with van der Waals surface area (Å²) in [7, 11) is 1.42. The number of Topliss-reactive ketones (excluding diaryl/α,β-unsaturated/α-hetero) is 1. The van der Waals surface area contributed by atoms with Crippen LogP contribution in [0.3, 0.4) is 0 Å². The van der Waals surface area contributed by atoms with Gasteiger partial charge in [-0.2, -0.15) is 0 Å². The Kier molecular flexibility index (Phi) is 7.36. The third-order valence-electron chi connectivity index (χ3n) is 7.84. The lowest BCUT2D eigenvalue weighted by molar-refractivity contribution is -0.122. The molecule has 5 rings (SSSR count). The van der Waals surface area contributed by atoms with E-state index >= 15 is 0 Å². The van der Waals surface area contributed by atoms with Gasteiger partial charge in [0.05, 0.1) is 48.2 Å². The molecular weight excluding hydrogens is 482 g/mol. The van der Waals surface area contributed by atoms with Crippen molar-refractivity contribution in [3.05, 3.63) is 41.6 Å². The lowest BCUT2D eigenvalue weighted by atomic mass is 9.83. The topological polar surface area (TPSA) is 99.4 Å². The summed E-state index contributed by atoms with van der Waals surface area (Å²) in [6.07, 6.45) is 8.92. The van der Waals surface area contributed by atoms with Crippen LogP contribution in [0.2, 0.25) is 0 Å². The summed E-state index contributed by atoms with van der Waals surface area (Å²) in [6.45, 7) is 7.67. The van der Waals surface area contributed by atoms with Gasteiger partial charge < -0.3 is 14.0 Å². The maximum atomic E-state index is 12.7. The van der Waals surface area contributed by atoms with Gasteiger partial charge in [-0.1, -0.05) is 6.42 Å². The van der Waals surface area contributed by atoms with Crippen LogP contribution in [0, 0.1) is 5.92 Å². The molecule has 2 aliphatic rings. The van der Waals surface area contributed by atoms with E-state index in [-0.39, 0.29) is 36.0 Å².